The quantitative estimate of drug-likeness (QED) is 0.494. The lowest BCUT2D eigenvalue weighted by Crippen LogP contribution is -2.28. The summed E-state index contributed by atoms with van der Waals surface area (Å²) in [5, 5.41) is 19.3. The molecule has 3 heteroatoms. The summed E-state index contributed by atoms with van der Waals surface area (Å²) >= 11 is 0. The zero-order valence-corrected chi connectivity index (χ0v) is 16.1. The van der Waals surface area contributed by atoms with E-state index in [-0.39, 0.29) is 6.10 Å². The summed E-state index contributed by atoms with van der Waals surface area (Å²) in [4.78, 5) is 0. The topological polar surface area (TPSA) is 49.7 Å². The van der Waals surface area contributed by atoms with Crippen molar-refractivity contribution in [1.29, 1.82) is 0 Å². The summed E-state index contributed by atoms with van der Waals surface area (Å²) in [6, 6.07) is 0. The second kappa shape index (κ2) is 10.3. The highest BCUT2D eigenvalue weighted by atomic mass is 16.5. The van der Waals surface area contributed by atoms with Crippen molar-refractivity contribution < 1.29 is 14.9 Å². The fourth-order valence-electron chi connectivity index (χ4n) is 5.83. The zero-order valence-electron chi connectivity index (χ0n) is 16.1. The van der Waals surface area contributed by atoms with Crippen LogP contribution in [0.3, 0.4) is 0 Å². The Morgan fingerprint density at radius 3 is 2.16 bits per heavy atom. The maximum atomic E-state index is 10.5. The molecule has 3 fully saturated rings. The Morgan fingerprint density at radius 2 is 1.44 bits per heavy atom. The highest BCUT2D eigenvalue weighted by Crippen LogP contribution is 2.47. The number of hydrogen-bond donors (Lipinski definition) is 2. The van der Waals surface area contributed by atoms with E-state index in [1.165, 1.54) is 77.0 Å². The van der Waals surface area contributed by atoms with Gasteiger partial charge in [-0.3, -0.25) is 0 Å². The van der Waals surface area contributed by atoms with Crippen molar-refractivity contribution in [2.45, 2.75) is 115 Å². The molecular formula is C22H40O3. The number of aliphatic hydroxyl groups is 2. The molecule has 0 aromatic rings. The van der Waals surface area contributed by atoms with Gasteiger partial charge in [-0.2, -0.15) is 0 Å². The summed E-state index contributed by atoms with van der Waals surface area (Å²) < 4.78 is 6.24. The predicted molar refractivity (Wildman–Crippen MR) is 101 cm³/mol. The largest absolute Gasteiger partial charge is 0.396 e. The third-order valence-electron chi connectivity index (χ3n) is 7.20. The van der Waals surface area contributed by atoms with Crippen LogP contribution in [0.15, 0.2) is 0 Å². The van der Waals surface area contributed by atoms with Gasteiger partial charge in [0.25, 0.3) is 0 Å². The highest BCUT2D eigenvalue weighted by Gasteiger charge is 2.47. The van der Waals surface area contributed by atoms with Crippen LogP contribution >= 0.6 is 0 Å². The van der Waals surface area contributed by atoms with E-state index in [0.29, 0.717) is 24.7 Å². The average Bonchev–Trinajstić information content (AvgIpc) is 3.34. The molecule has 0 spiro atoms. The van der Waals surface area contributed by atoms with Crippen LogP contribution in [-0.4, -0.2) is 35.1 Å². The minimum atomic E-state index is -0.0821. The normalized spacial score (nSPS) is 33.4. The molecule has 5 unspecified atom stereocenters. The fourth-order valence-corrected chi connectivity index (χ4v) is 5.83. The average molecular weight is 353 g/mol. The van der Waals surface area contributed by atoms with Crippen molar-refractivity contribution in [3.63, 3.8) is 0 Å². The second-order valence-corrected chi connectivity index (χ2v) is 9.02. The van der Waals surface area contributed by atoms with E-state index >= 15 is 0 Å². The molecule has 0 aromatic carbocycles. The van der Waals surface area contributed by atoms with Crippen LogP contribution in [0.5, 0.6) is 0 Å². The Labute approximate surface area is 154 Å². The second-order valence-electron chi connectivity index (χ2n) is 9.02. The molecule has 2 saturated heterocycles. The van der Waals surface area contributed by atoms with E-state index in [1.807, 2.05) is 0 Å². The van der Waals surface area contributed by atoms with Crippen LogP contribution in [0, 0.1) is 17.8 Å². The number of ether oxygens (including phenoxy) is 1. The van der Waals surface area contributed by atoms with Crippen LogP contribution in [0.25, 0.3) is 0 Å². The molecule has 3 rings (SSSR count). The molecule has 0 aromatic heterocycles. The number of aliphatic hydroxyl groups excluding tert-OH is 2. The van der Waals surface area contributed by atoms with E-state index in [1.54, 1.807) is 0 Å². The van der Waals surface area contributed by atoms with Gasteiger partial charge in [0, 0.05) is 6.61 Å². The first-order valence-electron chi connectivity index (χ1n) is 11.2. The summed E-state index contributed by atoms with van der Waals surface area (Å²) in [5.41, 5.74) is 0. The van der Waals surface area contributed by atoms with E-state index in [2.05, 4.69) is 0 Å². The van der Waals surface area contributed by atoms with Crippen LogP contribution in [0.4, 0.5) is 0 Å². The molecule has 25 heavy (non-hydrogen) atoms. The molecule has 1 aliphatic carbocycles. The van der Waals surface area contributed by atoms with Gasteiger partial charge in [0.15, 0.2) is 0 Å². The standard InChI is InChI=1S/C22H40O3/c23-15-7-3-1-2-4-10-19-20(22-14-13-21(19)25-22)12-11-18(24)16-17-8-5-6-9-17/h17-24H,1-16H2. The fraction of sp³-hybridized carbons (Fsp3) is 1.00. The van der Waals surface area contributed by atoms with Gasteiger partial charge < -0.3 is 14.9 Å². The van der Waals surface area contributed by atoms with Crippen molar-refractivity contribution >= 4 is 0 Å². The Bertz CT molecular complexity index is 366. The minimum absolute atomic E-state index is 0.0821. The van der Waals surface area contributed by atoms with Gasteiger partial charge >= 0.3 is 0 Å². The lowest BCUT2D eigenvalue weighted by molar-refractivity contribution is 0.0813. The molecule has 3 nitrogen and oxygen atoms in total. The lowest BCUT2D eigenvalue weighted by Gasteiger charge is -2.29. The molecule has 0 amide bonds. The molecule has 2 bridgehead atoms. The summed E-state index contributed by atoms with van der Waals surface area (Å²) in [5.74, 6) is 2.24. The van der Waals surface area contributed by atoms with Gasteiger partial charge in [-0.15, -0.1) is 0 Å². The van der Waals surface area contributed by atoms with Crippen LogP contribution in [0.1, 0.15) is 96.3 Å². The molecule has 2 aliphatic heterocycles. The van der Waals surface area contributed by atoms with Gasteiger partial charge in [0.1, 0.15) is 0 Å². The summed E-state index contributed by atoms with van der Waals surface area (Å²) in [6.45, 7) is 0.339. The van der Waals surface area contributed by atoms with Crippen molar-refractivity contribution in [2.24, 2.45) is 17.8 Å². The van der Waals surface area contributed by atoms with Crippen molar-refractivity contribution in [1.82, 2.24) is 0 Å². The monoisotopic (exact) mass is 352 g/mol. The molecule has 3 aliphatic rings. The summed E-state index contributed by atoms with van der Waals surface area (Å²) in [6.07, 6.45) is 19.4. The van der Waals surface area contributed by atoms with E-state index in [9.17, 15) is 5.11 Å². The van der Waals surface area contributed by atoms with Gasteiger partial charge in [-0.1, -0.05) is 51.4 Å². The highest BCUT2D eigenvalue weighted by molar-refractivity contribution is 4.96. The maximum Gasteiger partial charge on any atom is 0.0611 e. The molecule has 5 atom stereocenters. The van der Waals surface area contributed by atoms with E-state index < -0.39 is 0 Å². The molecule has 0 radical (unpaired) electrons. The Balaban J connectivity index is 1.36. The molecule has 1 saturated carbocycles. The SMILES string of the molecule is OCCCCCCCC1C2CCC(O2)C1CCC(O)CC1CCCC1. The minimum Gasteiger partial charge on any atom is -0.396 e. The number of hydrogen-bond acceptors (Lipinski definition) is 3. The third-order valence-corrected chi connectivity index (χ3v) is 7.20. The number of unbranched alkanes of at least 4 members (excludes halogenated alkanes) is 4. The molecule has 2 heterocycles. The maximum absolute atomic E-state index is 10.5. The molecular weight excluding hydrogens is 312 g/mol. The zero-order chi connectivity index (χ0) is 17.5. The Kier molecular flexibility index (Phi) is 8.07. The van der Waals surface area contributed by atoms with Crippen LogP contribution in [0.2, 0.25) is 0 Å². The van der Waals surface area contributed by atoms with Gasteiger partial charge in [0.05, 0.1) is 18.3 Å². The number of fused-ring (bicyclic) bond motifs is 2. The third kappa shape index (κ3) is 5.68. The predicted octanol–water partition coefficient (Wildman–Crippen LogP) is 4.83. The van der Waals surface area contributed by atoms with Crippen LogP contribution in [-0.2, 0) is 4.74 Å². The van der Waals surface area contributed by atoms with Crippen molar-refractivity contribution in [2.75, 3.05) is 6.61 Å². The Hall–Kier alpha value is -0.120. The van der Waals surface area contributed by atoms with Crippen LogP contribution < -0.4 is 0 Å². The first-order chi connectivity index (χ1) is 12.3. The first kappa shape index (κ1) is 19.6. The Morgan fingerprint density at radius 1 is 0.800 bits per heavy atom. The lowest BCUT2D eigenvalue weighted by atomic mass is 9.74. The van der Waals surface area contributed by atoms with Crippen molar-refractivity contribution in [3.05, 3.63) is 0 Å². The van der Waals surface area contributed by atoms with Gasteiger partial charge in [-0.05, 0) is 62.7 Å². The smallest absolute Gasteiger partial charge is 0.0611 e. The van der Waals surface area contributed by atoms with Crippen molar-refractivity contribution in [3.8, 4) is 0 Å². The van der Waals surface area contributed by atoms with Gasteiger partial charge in [-0.25, -0.2) is 0 Å². The van der Waals surface area contributed by atoms with Gasteiger partial charge in [0.2, 0.25) is 0 Å². The first-order valence-corrected chi connectivity index (χ1v) is 11.2. The summed E-state index contributed by atoms with van der Waals surface area (Å²) in [7, 11) is 0. The van der Waals surface area contributed by atoms with E-state index in [4.69, 9.17) is 9.84 Å². The molecule has 2 N–H and O–H groups in total. The van der Waals surface area contributed by atoms with E-state index in [0.717, 1.165) is 31.1 Å². The number of rotatable bonds is 12. The molecule has 146 valence electrons.